The van der Waals surface area contributed by atoms with Crippen LogP contribution in [0.1, 0.15) is 51.6 Å². The zero-order chi connectivity index (χ0) is 12.8. The lowest BCUT2D eigenvalue weighted by Crippen LogP contribution is -2.29. The molecule has 0 aliphatic heterocycles. The number of nitrogens with zero attached hydrogens (tertiary/aromatic N) is 2. The number of aromatic nitrogens is 2. The van der Waals surface area contributed by atoms with Gasteiger partial charge >= 0.3 is 0 Å². The summed E-state index contributed by atoms with van der Waals surface area (Å²) < 4.78 is 2.12. The van der Waals surface area contributed by atoms with Gasteiger partial charge in [0.15, 0.2) is 0 Å². The minimum atomic E-state index is 0.876. The van der Waals surface area contributed by atoms with Crippen LogP contribution in [0, 0.1) is 11.8 Å². The van der Waals surface area contributed by atoms with Crippen molar-refractivity contribution >= 4 is 0 Å². The Bertz CT molecular complexity index is 345. The molecule has 0 aromatic carbocycles. The Morgan fingerprint density at radius 1 is 1.39 bits per heavy atom. The van der Waals surface area contributed by atoms with E-state index in [1.54, 1.807) is 0 Å². The zero-order valence-electron chi connectivity index (χ0n) is 11.9. The highest BCUT2D eigenvalue weighted by atomic mass is 15.3. The van der Waals surface area contributed by atoms with Crippen molar-refractivity contribution in [1.29, 1.82) is 0 Å². The molecule has 2 unspecified atom stereocenters. The van der Waals surface area contributed by atoms with Crippen LogP contribution in [0.4, 0.5) is 0 Å². The van der Waals surface area contributed by atoms with Crippen LogP contribution in [0.2, 0.25) is 0 Å². The second-order valence-electron chi connectivity index (χ2n) is 5.70. The molecule has 2 rings (SSSR count). The Morgan fingerprint density at radius 3 is 3.00 bits per heavy atom. The molecule has 1 N–H and O–H groups in total. The van der Waals surface area contributed by atoms with E-state index in [0.717, 1.165) is 31.3 Å². The fourth-order valence-electron chi connectivity index (χ4n) is 3.01. The molecule has 102 valence electrons. The van der Waals surface area contributed by atoms with Crippen LogP contribution in [0.5, 0.6) is 0 Å². The van der Waals surface area contributed by atoms with Gasteiger partial charge in [-0.25, -0.2) is 0 Å². The van der Waals surface area contributed by atoms with Crippen molar-refractivity contribution in [1.82, 2.24) is 15.1 Å². The van der Waals surface area contributed by atoms with Gasteiger partial charge < -0.3 is 5.32 Å². The molecule has 1 fully saturated rings. The Labute approximate surface area is 111 Å². The first kappa shape index (κ1) is 13.6. The molecular weight excluding hydrogens is 222 g/mol. The van der Waals surface area contributed by atoms with Crippen molar-refractivity contribution in [2.24, 2.45) is 11.8 Å². The zero-order valence-corrected chi connectivity index (χ0v) is 11.9. The standard InChI is InChI=1S/C15H27N3/c1-3-10-18-15(8-9-17-18)12-16-11-14-7-5-4-6-13(14)2/h8-9,13-14,16H,3-7,10-12H2,1-2H3. The van der Waals surface area contributed by atoms with Crippen LogP contribution in [-0.4, -0.2) is 16.3 Å². The Morgan fingerprint density at radius 2 is 2.22 bits per heavy atom. The van der Waals surface area contributed by atoms with Gasteiger partial charge in [0.1, 0.15) is 0 Å². The minimum Gasteiger partial charge on any atom is -0.311 e. The molecule has 1 aromatic heterocycles. The summed E-state index contributed by atoms with van der Waals surface area (Å²) in [7, 11) is 0. The van der Waals surface area contributed by atoms with Crippen LogP contribution in [0.15, 0.2) is 12.3 Å². The molecule has 3 heteroatoms. The van der Waals surface area contributed by atoms with Gasteiger partial charge in [-0.3, -0.25) is 4.68 Å². The minimum absolute atomic E-state index is 0.876. The Kier molecular flexibility index (Phi) is 5.24. The normalized spacial score (nSPS) is 24.3. The maximum Gasteiger partial charge on any atom is 0.0522 e. The van der Waals surface area contributed by atoms with E-state index in [1.807, 2.05) is 6.20 Å². The molecule has 0 amide bonds. The second-order valence-corrected chi connectivity index (χ2v) is 5.70. The first-order chi connectivity index (χ1) is 8.81. The SMILES string of the molecule is CCCn1nccc1CNCC1CCCCC1C. The van der Waals surface area contributed by atoms with Gasteiger partial charge in [0.05, 0.1) is 5.69 Å². The predicted octanol–water partition coefficient (Wildman–Crippen LogP) is 3.21. The highest BCUT2D eigenvalue weighted by Gasteiger charge is 2.20. The largest absolute Gasteiger partial charge is 0.311 e. The third-order valence-electron chi connectivity index (χ3n) is 4.24. The van der Waals surface area contributed by atoms with Crippen molar-refractivity contribution in [2.45, 2.75) is 59.0 Å². The maximum absolute atomic E-state index is 4.36. The summed E-state index contributed by atoms with van der Waals surface area (Å²) in [6, 6.07) is 2.13. The van der Waals surface area contributed by atoms with Crippen molar-refractivity contribution in [3.8, 4) is 0 Å². The lowest BCUT2D eigenvalue weighted by Gasteiger charge is -2.28. The van der Waals surface area contributed by atoms with E-state index in [4.69, 9.17) is 0 Å². The summed E-state index contributed by atoms with van der Waals surface area (Å²) in [5.41, 5.74) is 1.32. The predicted molar refractivity (Wildman–Crippen MR) is 75.3 cm³/mol. The van der Waals surface area contributed by atoms with Gasteiger partial charge in [-0.1, -0.05) is 33.1 Å². The number of nitrogens with one attached hydrogen (secondary N) is 1. The number of aryl methyl sites for hydroxylation is 1. The van der Waals surface area contributed by atoms with Gasteiger partial charge in [0, 0.05) is 19.3 Å². The van der Waals surface area contributed by atoms with Crippen molar-refractivity contribution in [3.05, 3.63) is 18.0 Å². The molecule has 1 heterocycles. The van der Waals surface area contributed by atoms with E-state index in [2.05, 4.69) is 35.0 Å². The van der Waals surface area contributed by atoms with Crippen LogP contribution in [0.3, 0.4) is 0 Å². The monoisotopic (exact) mass is 249 g/mol. The van der Waals surface area contributed by atoms with E-state index in [0.29, 0.717) is 0 Å². The van der Waals surface area contributed by atoms with Crippen molar-refractivity contribution in [2.75, 3.05) is 6.54 Å². The van der Waals surface area contributed by atoms with Crippen LogP contribution in [0.25, 0.3) is 0 Å². The van der Waals surface area contributed by atoms with Gasteiger partial charge in [-0.15, -0.1) is 0 Å². The molecule has 0 radical (unpaired) electrons. The molecule has 1 saturated carbocycles. The third kappa shape index (κ3) is 3.58. The first-order valence-electron chi connectivity index (χ1n) is 7.52. The van der Waals surface area contributed by atoms with E-state index < -0.39 is 0 Å². The average Bonchev–Trinajstić information content (AvgIpc) is 2.80. The highest BCUT2D eigenvalue weighted by molar-refractivity contribution is 5.00. The maximum atomic E-state index is 4.36. The van der Waals surface area contributed by atoms with Crippen LogP contribution >= 0.6 is 0 Å². The lowest BCUT2D eigenvalue weighted by atomic mass is 9.80. The first-order valence-corrected chi connectivity index (χ1v) is 7.52. The second kappa shape index (κ2) is 6.93. The fraction of sp³-hybridized carbons (Fsp3) is 0.800. The lowest BCUT2D eigenvalue weighted by molar-refractivity contribution is 0.247. The smallest absolute Gasteiger partial charge is 0.0522 e. The average molecular weight is 249 g/mol. The van der Waals surface area contributed by atoms with Gasteiger partial charge in [0.25, 0.3) is 0 Å². The summed E-state index contributed by atoms with van der Waals surface area (Å²) in [5.74, 6) is 1.77. The summed E-state index contributed by atoms with van der Waals surface area (Å²) in [6.45, 7) is 7.76. The van der Waals surface area contributed by atoms with Crippen LogP contribution < -0.4 is 5.32 Å². The molecule has 3 nitrogen and oxygen atoms in total. The number of hydrogen-bond acceptors (Lipinski definition) is 2. The van der Waals surface area contributed by atoms with Crippen LogP contribution in [-0.2, 0) is 13.1 Å². The molecule has 0 bridgehead atoms. The van der Waals surface area contributed by atoms with Crippen molar-refractivity contribution in [3.63, 3.8) is 0 Å². The quantitative estimate of drug-likeness (QED) is 0.839. The van der Waals surface area contributed by atoms with E-state index in [-0.39, 0.29) is 0 Å². The molecule has 1 aliphatic carbocycles. The third-order valence-corrected chi connectivity index (χ3v) is 4.24. The molecule has 2 atom stereocenters. The Hall–Kier alpha value is -0.830. The summed E-state index contributed by atoms with van der Waals surface area (Å²) in [5, 5.41) is 7.99. The summed E-state index contributed by atoms with van der Waals surface area (Å²) in [6.07, 6.45) is 8.73. The molecule has 18 heavy (non-hydrogen) atoms. The molecule has 0 saturated heterocycles. The van der Waals surface area contributed by atoms with E-state index >= 15 is 0 Å². The van der Waals surface area contributed by atoms with Crippen molar-refractivity contribution < 1.29 is 0 Å². The number of rotatable bonds is 6. The topological polar surface area (TPSA) is 29.9 Å². The van der Waals surface area contributed by atoms with E-state index in [1.165, 1.54) is 37.9 Å². The van der Waals surface area contributed by atoms with Gasteiger partial charge in [0.2, 0.25) is 0 Å². The molecule has 0 spiro atoms. The molecular formula is C15H27N3. The van der Waals surface area contributed by atoms with E-state index in [9.17, 15) is 0 Å². The molecule has 1 aromatic rings. The fourth-order valence-corrected chi connectivity index (χ4v) is 3.01. The summed E-state index contributed by atoms with van der Waals surface area (Å²) >= 11 is 0. The van der Waals surface area contributed by atoms with Gasteiger partial charge in [-0.05, 0) is 37.3 Å². The summed E-state index contributed by atoms with van der Waals surface area (Å²) in [4.78, 5) is 0. The van der Waals surface area contributed by atoms with Gasteiger partial charge in [-0.2, -0.15) is 5.10 Å². The molecule has 1 aliphatic rings. The number of hydrogen-bond donors (Lipinski definition) is 1. The highest BCUT2D eigenvalue weighted by Crippen LogP contribution is 2.28. The Balaban J connectivity index is 1.75.